The average molecular weight is 109 g/mol. The van der Waals surface area contributed by atoms with Crippen LogP contribution in [-0.4, -0.2) is 4.98 Å². The van der Waals surface area contributed by atoms with Crippen molar-refractivity contribution < 1.29 is 0 Å². The highest BCUT2D eigenvalue weighted by Gasteiger charge is 2.16. The van der Waals surface area contributed by atoms with Crippen LogP contribution in [0, 0.1) is 0 Å². The van der Waals surface area contributed by atoms with Crippen molar-refractivity contribution in [1.82, 2.24) is 4.98 Å². The first-order valence-corrected chi connectivity index (χ1v) is 2.91. The Morgan fingerprint density at radius 2 is 2.57 bits per heavy atom. The fourth-order valence-electron chi connectivity index (χ4n) is 0.515. The average Bonchev–Trinajstić information content (AvgIpc) is 2.41. The van der Waals surface area contributed by atoms with Crippen molar-refractivity contribution in [3.05, 3.63) is 18.3 Å². The van der Waals surface area contributed by atoms with Gasteiger partial charge in [0.25, 0.3) is 0 Å². The largest absolute Gasteiger partial charge is 0.248 e. The van der Waals surface area contributed by atoms with Crippen molar-refractivity contribution in [2.75, 3.05) is 0 Å². The summed E-state index contributed by atoms with van der Waals surface area (Å²) in [5.74, 6) is 0. The minimum Gasteiger partial charge on any atom is -0.248 e. The first-order chi connectivity index (χ1) is 3.47. The second-order valence-electron chi connectivity index (χ2n) is 1.41. The maximum atomic E-state index is 4.03. The Labute approximate surface area is 45.8 Å². The van der Waals surface area contributed by atoms with Crippen molar-refractivity contribution in [2.24, 2.45) is 0 Å². The molecule has 0 aromatic carbocycles. The highest BCUT2D eigenvalue weighted by Crippen LogP contribution is 2.45. The molecule has 0 saturated carbocycles. The van der Waals surface area contributed by atoms with E-state index in [-0.39, 0.29) is 0 Å². The van der Waals surface area contributed by atoms with Gasteiger partial charge in [0.15, 0.2) is 0 Å². The molecule has 0 aliphatic carbocycles. The quantitative estimate of drug-likeness (QED) is 0.476. The molecule has 7 heavy (non-hydrogen) atoms. The van der Waals surface area contributed by atoms with Gasteiger partial charge in [-0.3, -0.25) is 0 Å². The Morgan fingerprint density at radius 3 is 3.14 bits per heavy atom. The van der Waals surface area contributed by atoms with Crippen LogP contribution >= 0.6 is 11.8 Å². The minimum atomic E-state index is 1.20. The van der Waals surface area contributed by atoms with Crippen molar-refractivity contribution in [1.29, 1.82) is 0 Å². The third kappa shape index (κ3) is 0.431. The van der Waals surface area contributed by atoms with E-state index in [1.54, 1.807) is 11.8 Å². The summed E-state index contributed by atoms with van der Waals surface area (Å²) in [6.45, 7) is 0. The van der Waals surface area contributed by atoms with Gasteiger partial charge in [-0.05, 0) is 12.1 Å². The lowest BCUT2D eigenvalue weighted by Crippen LogP contribution is -1.58. The Kier molecular flexibility index (Phi) is 0.504. The zero-order chi connectivity index (χ0) is 4.69. The Bertz CT molecular complexity index is 176. The smallest absolute Gasteiger partial charge is 0.115 e. The highest BCUT2D eigenvalue weighted by atomic mass is 32.2. The molecule has 2 rings (SSSR count). The fourth-order valence-corrected chi connectivity index (χ4v) is 1.05. The monoisotopic (exact) mass is 109 g/mol. The third-order valence-corrected chi connectivity index (χ3v) is 1.77. The molecule has 2 heterocycles. The zero-order valence-electron chi connectivity index (χ0n) is 3.59. The van der Waals surface area contributed by atoms with Gasteiger partial charge in [-0.25, -0.2) is 4.98 Å². The first-order valence-electron chi connectivity index (χ1n) is 2.10. The van der Waals surface area contributed by atoms with Gasteiger partial charge >= 0.3 is 0 Å². The summed E-state index contributed by atoms with van der Waals surface area (Å²) in [5, 5.41) is 1.20. The van der Waals surface area contributed by atoms with E-state index in [1.165, 1.54) is 9.92 Å². The molecule has 0 spiro atoms. The van der Waals surface area contributed by atoms with Crippen LogP contribution in [0.3, 0.4) is 0 Å². The van der Waals surface area contributed by atoms with Crippen LogP contribution in [0.1, 0.15) is 0 Å². The molecule has 2 heteroatoms. The van der Waals surface area contributed by atoms with Crippen LogP contribution < -0.4 is 0 Å². The highest BCUT2D eigenvalue weighted by molar-refractivity contribution is 8.04. The van der Waals surface area contributed by atoms with Gasteiger partial charge in [0, 0.05) is 11.1 Å². The van der Waals surface area contributed by atoms with Crippen LogP contribution in [0.5, 0.6) is 0 Å². The molecule has 1 aliphatic heterocycles. The van der Waals surface area contributed by atoms with E-state index in [0.29, 0.717) is 0 Å². The normalized spacial score (nSPS) is 13.1. The number of hydrogen-bond acceptors (Lipinski definition) is 2. The predicted molar refractivity (Wildman–Crippen MR) is 28.4 cm³/mol. The van der Waals surface area contributed by atoms with E-state index in [0.717, 1.165) is 0 Å². The molecule has 1 aromatic heterocycles. The van der Waals surface area contributed by atoms with Gasteiger partial charge in [0.05, 0.1) is 0 Å². The van der Waals surface area contributed by atoms with Gasteiger partial charge in [0.2, 0.25) is 0 Å². The molecule has 0 fully saturated rings. The van der Waals surface area contributed by atoms with E-state index in [9.17, 15) is 0 Å². The summed E-state index contributed by atoms with van der Waals surface area (Å²) in [6, 6.07) is 4.03. The number of fused-ring (bicyclic) bond motifs is 1. The fraction of sp³-hybridized carbons (Fsp3) is 0. The number of hydrogen-bond donors (Lipinski definition) is 0. The Balaban J connectivity index is 2.73. The predicted octanol–water partition coefficient (Wildman–Crippen LogP) is 1.55. The Hall–Kier alpha value is -0.500. The Morgan fingerprint density at radius 1 is 1.57 bits per heavy atom. The van der Waals surface area contributed by atoms with Crippen LogP contribution in [0.15, 0.2) is 28.3 Å². The van der Waals surface area contributed by atoms with Crippen molar-refractivity contribution in [3.63, 3.8) is 0 Å². The molecule has 0 N–H and O–H groups in total. The molecule has 1 aromatic rings. The van der Waals surface area contributed by atoms with E-state index < -0.39 is 0 Å². The van der Waals surface area contributed by atoms with Gasteiger partial charge in [-0.15, -0.1) is 0 Å². The molecule has 1 aliphatic rings. The topological polar surface area (TPSA) is 12.9 Å². The molecule has 0 saturated heterocycles. The lowest BCUT2D eigenvalue weighted by molar-refractivity contribution is 1.12. The molecular formula is C5H3NS. The molecule has 0 atom stereocenters. The van der Waals surface area contributed by atoms with E-state index >= 15 is 0 Å². The second-order valence-corrected chi connectivity index (χ2v) is 2.44. The van der Waals surface area contributed by atoms with E-state index in [1.807, 2.05) is 12.3 Å². The molecule has 1 nitrogen and oxygen atoms in total. The summed E-state index contributed by atoms with van der Waals surface area (Å²) >= 11 is 1.75. The molecule has 0 amide bonds. The van der Waals surface area contributed by atoms with Crippen LogP contribution in [-0.2, 0) is 0 Å². The summed E-state index contributed by atoms with van der Waals surface area (Å²) in [6.07, 6.45) is 1.82. The lowest BCUT2D eigenvalue weighted by atomic mass is 10.5. The van der Waals surface area contributed by atoms with E-state index in [2.05, 4.69) is 11.1 Å². The number of pyridine rings is 1. The van der Waals surface area contributed by atoms with Gasteiger partial charge < -0.3 is 0 Å². The molecule has 0 bridgehead atoms. The van der Waals surface area contributed by atoms with Crippen LogP contribution in [0.25, 0.3) is 0 Å². The van der Waals surface area contributed by atoms with Gasteiger partial charge in [-0.2, -0.15) is 0 Å². The van der Waals surface area contributed by atoms with Gasteiger partial charge in [0.1, 0.15) is 5.03 Å². The second kappa shape index (κ2) is 1.01. The summed E-state index contributed by atoms with van der Waals surface area (Å²) < 4.78 is 0. The standard InChI is InChI=1S/C5H3NS/c1-2-4-5(7-4)6-3-1/h1-3H. The lowest BCUT2D eigenvalue weighted by Gasteiger charge is -1.66. The maximum Gasteiger partial charge on any atom is 0.115 e. The molecule has 34 valence electrons. The van der Waals surface area contributed by atoms with Crippen molar-refractivity contribution >= 4 is 11.8 Å². The first kappa shape index (κ1) is 3.50. The maximum absolute atomic E-state index is 4.03. The summed E-state index contributed by atoms with van der Waals surface area (Å²) in [5.41, 5.74) is 0. The molecular weight excluding hydrogens is 106 g/mol. The third-order valence-electron chi connectivity index (χ3n) is 0.901. The van der Waals surface area contributed by atoms with Gasteiger partial charge in [-0.1, -0.05) is 11.8 Å². The number of rotatable bonds is 0. The summed E-state index contributed by atoms with van der Waals surface area (Å²) in [7, 11) is 0. The van der Waals surface area contributed by atoms with E-state index in [4.69, 9.17) is 0 Å². The number of nitrogens with zero attached hydrogens (tertiary/aromatic N) is 1. The summed E-state index contributed by atoms with van der Waals surface area (Å²) in [4.78, 5) is 5.37. The van der Waals surface area contributed by atoms with Crippen molar-refractivity contribution in [2.45, 2.75) is 9.92 Å². The minimum absolute atomic E-state index is 1.20. The molecule has 0 radical (unpaired) electrons. The molecule has 0 unspecified atom stereocenters. The SMILES string of the molecule is c1cnc2c(c1)S2. The van der Waals surface area contributed by atoms with Crippen LogP contribution in [0.4, 0.5) is 0 Å². The van der Waals surface area contributed by atoms with Crippen LogP contribution in [0.2, 0.25) is 0 Å². The van der Waals surface area contributed by atoms with Crippen molar-refractivity contribution in [3.8, 4) is 0 Å². The number of aromatic nitrogens is 1. The zero-order valence-corrected chi connectivity index (χ0v) is 4.40.